The number of ether oxygens (including phenoxy) is 1. The first-order chi connectivity index (χ1) is 15.7. The molecule has 10 heteroatoms. The minimum absolute atomic E-state index is 0.145. The van der Waals surface area contributed by atoms with Gasteiger partial charge in [0, 0.05) is 25.4 Å². The molecule has 1 N–H and O–H groups in total. The van der Waals surface area contributed by atoms with Gasteiger partial charge in [-0.05, 0) is 41.8 Å². The third-order valence-corrected chi connectivity index (χ3v) is 5.40. The van der Waals surface area contributed by atoms with Gasteiger partial charge in [0.25, 0.3) is 5.91 Å². The van der Waals surface area contributed by atoms with Crippen LogP contribution in [-0.4, -0.2) is 29.3 Å². The summed E-state index contributed by atoms with van der Waals surface area (Å²) in [6, 6.07) is 14.8. The first-order valence-electron chi connectivity index (χ1n) is 10.1. The molecule has 0 radical (unpaired) electrons. The van der Waals surface area contributed by atoms with Crippen molar-refractivity contribution in [3.05, 3.63) is 70.3 Å². The first kappa shape index (κ1) is 24.2. The molecule has 0 atom stereocenters. The van der Waals surface area contributed by atoms with E-state index in [4.69, 9.17) is 0 Å². The Balaban J connectivity index is 1.87. The molecule has 1 heterocycles. The molecule has 0 aliphatic rings. The summed E-state index contributed by atoms with van der Waals surface area (Å²) in [6.45, 7) is 2.32. The summed E-state index contributed by atoms with van der Waals surface area (Å²) in [4.78, 5) is 28.4. The number of carbonyl (C=O) groups excluding carboxylic acids is 2. The van der Waals surface area contributed by atoms with Crippen molar-refractivity contribution in [2.45, 2.75) is 32.7 Å². The lowest BCUT2D eigenvalue weighted by molar-refractivity contribution is -0.274. The Bertz CT molecular complexity index is 1150. The van der Waals surface area contributed by atoms with Gasteiger partial charge in [-0.2, -0.15) is 4.99 Å². The normalized spacial score (nSPS) is 11.9. The minimum Gasteiger partial charge on any atom is -0.406 e. The second-order valence-electron chi connectivity index (χ2n) is 7.13. The zero-order valence-corrected chi connectivity index (χ0v) is 18.6. The van der Waals surface area contributed by atoms with Gasteiger partial charge in [0.2, 0.25) is 5.91 Å². The van der Waals surface area contributed by atoms with Gasteiger partial charge in [-0.15, -0.1) is 24.5 Å². The average molecular weight is 478 g/mol. The molecule has 0 saturated heterocycles. The molecule has 0 aliphatic heterocycles. The van der Waals surface area contributed by atoms with Crippen LogP contribution in [0.15, 0.2) is 65.0 Å². The average Bonchev–Trinajstić information content (AvgIpc) is 3.13. The third-order valence-electron chi connectivity index (χ3n) is 4.53. The van der Waals surface area contributed by atoms with Crippen molar-refractivity contribution >= 4 is 23.2 Å². The lowest BCUT2D eigenvalue weighted by Gasteiger charge is -2.11. The summed E-state index contributed by atoms with van der Waals surface area (Å²) in [5.74, 6) is -0.769. The third kappa shape index (κ3) is 7.60. The summed E-state index contributed by atoms with van der Waals surface area (Å²) in [7, 11) is 0. The van der Waals surface area contributed by atoms with Crippen molar-refractivity contribution < 1.29 is 27.5 Å². The number of alkyl halides is 3. The molecule has 174 valence electrons. The van der Waals surface area contributed by atoms with Crippen LogP contribution in [0.1, 0.15) is 18.9 Å². The van der Waals surface area contributed by atoms with Crippen molar-refractivity contribution in [3.8, 4) is 17.0 Å². The molecule has 0 saturated carbocycles. The van der Waals surface area contributed by atoms with E-state index in [0.717, 1.165) is 5.56 Å². The SMILES string of the molecule is CC(=O)NCCCn1c(-c2ccc(OC(F)(F)F)cc2)cs/c1=N\C(=O)Cc1ccccc1. The van der Waals surface area contributed by atoms with Crippen LogP contribution in [0.3, 0.4) is 0 Å². The molecule has 2 amide bonds. The summed E-state index contributed by atoms with van der Waals surface area (Å²) in [5.41, 5.74) is 2.20. The molecule has 2 aromatic carbocycles. The number of nitrogens with one attached hydrogen (secondary N) is 1. The summed E-state index contributed by atoms with van der Waals surface area (Å²) in [6.07, 6.45) is -4.03. The number of hydrogen-bond acceptors (Lipinski definition) is 4. The van der Waals surface area contributed by atoms with Crippen LogP contribution in [0.4, 0.5) is 13.2 Å². The Morgan fingerprint density at radius 2 is 1.79 bits per heavy atom. The largest absolute Gasteiger partial charge is 0.573 e. The van der Waals surface area contributed by atoms with Crippen molar-refractivity contribution in [2.75, 3.05) is 6.54 Å². The maximum atomic E-state index is 12.5. The quantitative estimate of drug-likeness (QED) is 0.492. The number of amides is 2. The number of hydrogen-bond donors (Lipinski definition) is 1. The zero-order valence-electron chi connectivity index (χ0n) is 17.8. The predicted octanol–water partition coefficient (Wildman–Crippen LogP) is 4.31. The maximum Gasteiger partial charge on any atom is 0.573 e. The number of halogens is 3. The van der Waals surface area contributed by atoms with E-state index in [1.54, 1.807) is 5.38 Å². The van der Waals surface area contributed by atoms with E-state index in [-0.39, 0.29) is 24.0 Å². The lowest BCUT2D eigenvalue weighted by atomic mass is 10.1. The fourth-order valence-electron chi connectivity index (χ4n) is 3.11. The first-order valence-corrected chi connectivity index (χ1v) is 11.0. The topological polar surface area (TPSA) is 72.7 Å². The Labute approximate surface area is 192 Å². The van der Waals surface area contributed by atoms with Crippen molar-refractivity contribution in [1.29, 1.82) is 0 Å². The van der Waals surface area contributed by atoms with Crippen LogP contribution in [0.25, 0.3) is 11.3 Å². The molecule has 0 unspecified atom stereocenters. The number of benzene rings is 2. The van der Waals surface area contributed by atoms with E-state index in [0.29, 0.717) is 35.6 Å². The molecule has 0 fully saturated rings. The van der Waals surface area contributed by atoms with Gasteiger partial charge in [0.15, 0.2) is 4.80 Å². The number of carbonyl (C=O) groups is 2. The second kappa shape index (κ2) is 11.0. The fraction of sp³-hybridized carbons (Fsp3) is 0.261. The van der Waals surface area contributed by atoms with Crippen molar-refractivity contribution in [3.63, 3.8) is 0 Å². The Hall–Kier alpha value is -3.40. The highest BCUT2D eigenvalue weighted by Crippen LogP contribution is 2.27. The molecule has 0 spiro atoms. The molecular formula is C23H22F3N3O3S. The van der Waals surface area contributed by atoms with Gasteiger partial charge in [0.1, 0.15) is 5.75 Å². The van der Waals surface area contributed by atoms with Gasteiger partial charge in [-0.3, -0.25) is 9.59 Å². The highest BCUT2D eigenvalue weighted by molar-refractivity contribution is 7.07. The summed E-state index contributed by atoms with van der Waals surface area (Å²) < 4.78 is 43.1. The van der Waals surface area contributed by atoms with Crippen LogP contribution in [0.5, 0.6) is 5.75 Å². The van der Waals surface area contributed by atoms with E-state index < -0.39 is 6.36 Å². The van der Waals surface area contributed by atoms with Crippen LogP contribution in [-0.2, 0) is 22.6 Å². The molecule has 33 heavy (non-hydrogen) atoms. The van der Waals surface area contributed by atoms with Crippen LogP contribution in [0, 0.1) is 0 Å². The van der Waals surface area contributed by atoms with E-state index in [1.165, 1.54) is 42.5 Å². The van der Waals surface area contributed by atoms with Gasteiger partial charge in [0.05, 0.1) is 12.1 Å². The second-order valence-corrected chi connectivity index (χ2v) is 7.97. The molecular weight excluding hydrogens is 455 g/mol. The molecule has 3 aromatic rings. The number of thiazole rings is 1. The zero-order chi connectivity index (χ0) is 23.8. The predicted molar refractivity (Wildman–Crippen MR) is 118 cm³/mol. The van der Waals surface area contributed by atoms with E-state index >= 15 is 0 Å². The van der Waals surface area contributed by atoms with E-state index in [9.17, 15) is 22.8 Å². The van der Waals surface area contributed by atoms with Crippen molar-refractivity contribution in [1.82, 2.24) is 9.88 Å². The van der Waals surface area contributed by atoms with Gasteiger partial charge in [-0.25, -0.2) is 0 Å². The monoisotopic (exact) mass is 477 g/mol. The Morgan fingerprint density at radius 3 is 2.42 bits per heavy atom. The molecule has 0 aliphatic carbocycles. The smallest absolute Gasteiger partial charge is 0.406 e. The number of rotatable bonds is 8. The molecule has 0 bridgehead atoms. The van der Waals surface area contributed by atoms with Gasteiger partial charge >= 0.3 is 6.36 Å². The van der Waals surface area contributed by atoms with E-state index in [1.807, 2.05) is 34.9 Å². The van der Waals surface area contributed by atoms with Gasteiger partial charge < -0.3 is 14.6 Å². The van der Waals surface area contributed by atoms with Gasteiger partial charge in [-0.1, -0.05) is 30.3 Å². The maximum absolute atomic E-state index is 12.5. The Morgan fingerprint density at radius 1 is 1.09 bits per heavy atom. The minimum atomic E-state index is -4.77. The molecule has 1 aromatic heterocycles. The van der Waals surface area contributed by atoms with E-state index in [2.05, 4.69) is 15.0 Å². The highest BCUT2D eigenvalue weighted by Gasteiger charge is 2.31. The van der Waals surface area contributed by atoms with Crippen LogP contribution in [0.2, 0.25) is 0 Å². The standard InChI is InChI=1S/C23H22F3N3O3S/c1-16(30)27-12-5-13-29-20(18-8-10-19(11-9-18)32-23(24,25)26)15-33-22(29)28-21(31)14-17-6-3-2-4-7-17/h2-4,6-11,15H,5,12-14H2,1H3,(H,27,30)/b28-22-. The summed E-state index contributed by atoms with van der Waals surface area (Å²) in [5, 5.41) is 4.52. The lowest BCUT2D eigenvalue weighted by Crippen LogP contribution is -2.24. The number of nitrogens with zero attached hydrogens (tertiary/aromatic N) is 2. The summed E-state index contributed by atoms with van der Waals surface area (Å²) >= 11 is 1.27. The number of aromatic nitrogens is 1. The van der Waals surface area contributed by atoms with Crippen LogP contribution < -0.4 is 14.9 Å². The molecule has 3 rings (SSSR count). The molecule has 6 nitrogen and oxygen atoms in total. The fourth-order valence-corrected chi connectivity index (χ4v) is 4.06. The Kier molecular flexibility index (Phi) is 8.05. The van der Waals surface area contributed by atoms with Crippen LogP contribution >= 0.6 is 11.3 Å². The highest BCUT2D eigenvalue weighted by atomic mass is 32.1. The van der Waals surface area contributed by atoms with Crippen molar-refractivity contribution in [2.24, 2.45) is 4.99 Å².